The molecule has 3 amide bonds. The molecule has 0 spiro atoms. The number of carbonyl (C=O) groups excluding carboxylic acids is 3. The first kappa shape index (κ1) is 28.6. The number of sulfone groups is 1. The Balaban J connectivity index is 2.26. The molecule has 0 bridgehead atoms. The molecule has 0 radical (unpaired) electrons. The highest BCUT2D eigenvalue weighted by Crippen LogP contribution is 2.31. The number of hydroxylamine groups is 2. The second kappa shape index (κ2) is 11.8. The topological polar surface area (TPSA) is 124 Å². The number of nitrogens with zero attached hydrogens (tertiary/aromatic N) is 2. The summed E-state index contributed by atoms with van der Waals surface area (Å²) in [7, 11) is -2.65. The quantitative estimate of drug-likeness (QED) is 0.277. The summed E-state index contributed by atoms with van der Waals surface area (Å²) in [6.07, 6.45) is -3.00. The molecule has 0 aliphatic carbocycles. The predicted molar refractivity (Wildman–Crippen MR) is 119 cm³/mol. The summed E-state index contributed by atoms with van der Waals surface area (Å²) in [5.74, 6) is -1.94. The van der Waals surface area contributed by atoms with Crippen molar-refractivity contribution in [1.82, 2.24) is 15.3 Å². The van der Waals surface area contributed by atoms with Crippen LogP contribution in [0.5, 0.6) is 0 Å². The fourth-order valence-electron chi connectivity index (χ4n) is 3.94. The number of unbranched alkanes of at least 4 members (excludes halogenated alkanes) is 1. The highest BCUT2D eigenvalue weighted by atomic mass is 32.2. The number of hydrogen-bond donors (Lipinski definition) is 2. The Labute approximate surface area is 202 Å². The maximum absolute atomic E-state index is 13.2. The molecule has 1 saturated heterocycles. The molecule has 13 heteroatoms. The molecular weight excluding hydrogens is 491 g/mol. The van der Waals surface area contributed by atoms with Crippen molar-refractivity contribution in [2.75, 3.05) is 20.1 Å². The van der Waals surface area contributed by atoms with Crippen LogP contribution in [0.15, 0.2) is 29.2 Å². The zero-order valence-corrected chi connectivity index (χ0v) is 20.3. The van der Waals surface area contributed by atoms with E-state index in [0.29, 0.717) is 30.0 Å². The molecule has 1 aromatic carbocycles. The largest absolute Gasteiger partial charge is 0.416 e. The molecule has 2 N–H and O–H groups in total. The third kappa shape index (κ3) is 7.40. The van der Waals surface area contributed by atoms with Gasteiger partial charge < -0.3 is 10.2 Å². The third-order valence-corrected chi connectivity index (χ3v) is 8.27. The first-order valence-electron chi connectivity index (χ1n) is 11.2. The summed E-state index contributed by atoms with van der Waals surface area (Å²) in [5, 5.41) is 11.3. The van der Waals surface area contributed by atoms with Crippen molar-refractivity contribution in [3.8, 4) is 0 Å². The lowest BCUT2D eigenvalue weighted by atomic mass is 10.00. The van der Waals surface area contributed by atoms with Gasteiger partial charge in [-0.05, 0) is 43.5 Å². The van der Waals surface area contributed by atoms with Crippen molar-refractivity contribution in [2.24, 2.45) is 5.92 Å². The number of rotatable bonds is 10. The van der Waals surface area contributed by atoms with Gasteiger partial charge in [-0.1, -0.05) is 19.8 Å². The summed E-state index contributed by atoms with van der Waals surface area (Å²) in [4.78, 5) is 37.5. The minimum Gasteiger partial charge on any atom is -0.344 e. The van der Waals surface area contributed by atoms with Gasteiger partial charge in [0.2, 0.25) is 18.2 Å². The molecule has 1 aromatic rings. The lowest BCUT2D eigenvalue weighted by molar-refractivity contribution is -0.155. The van der Waals surface area contributed by atoms with E-state index in [1.807, 2.05) is 6.92 Å². The van der Waals surface area contributed by atoms with Crippen LogP contribution in [0.1, 0.15) is 44.6 Å². The third-order valence-electron chi connectivity index (χ3n) is 6.03. The molecule has 2 rings (SSSR count). The molecule has 1 aliphatic rings. The van der Waals surface area contributed by atoms with Crippen molar-refractivity contribution in [1.29, 1.82) is 0 Å². The molecule has 35 heavy (non-hydrogen) atoms. The fraction of sp³-hybridized carbons (Fsp3) is 0.591. The van der Waals surface area contributed by atoms with Crippen molar-refractivity contribution in [3.63, 3.8) is 0 Å². The van der Waals surface area contributed by atoms with E-state index in [2.05, 4.69) is 5.32 Å². The number of alkyl halides is 3. The average Bonchev–Trinajstić information content (AvgIpc) is 2.95. The predicted octanol–water partition coefficient (Wildman–Crippen LogP) is 2.24. The second-order valence-electron chi connectivity index (χ2n) is 8.60. The highest BCUT2D eigenvalue weighted by Gasteiger charge is 2.39. The number of likely N-dealkylation sites (N-methyl/N-ethyl adjacent to an activating group) is 1. The summed E-state index contributed by atoms with van der Waals surface area (Å²) in [5.41, 5.74) is -0.983. The van der Waals surface area contributed by atoms with Gasteiger partial charge in [-0.3, -0.25) is 19.6 Å². The number of hydrogen-bond acceptors (Lipinski definition) is 6. The van der Waals surface area contributed by atoms with E-state index in [-0.39, 0.29) is 37.2 Å². The Bertz CT molecular complexity index is 1000. The number of benzene rings is 1. The number of likely N-dealkylation sites (tertiary alicyclic amines) is 1. The molecule has 1 aliphatic heterocycles. The summed E-state index contributed by atoms with van der Waals surface area (Å²) < 4.78 is 65.0. The Morgan fingerprint density at radius 1 is 1.31 bits per heavy atom. The van der Waals surface area contributed by atoms with Gasteiger partial charge in [0.1, 0.15) is 6.04 Å². The molecule has 196 valence electrons. The van der Waals surface area contributed by atoms with Gasteiger partial charge in [0.25, 0.3) is 0 Å². The molecule has 9 nitrogen and oxygen atoms in total. The minimum absolute atomic E-state index is 0.0345. The van der Waals surface area contributed by atoms with Gasteiger partial charge in [-0.15, -0.1) is 0 Å². The molecule has 1 fully saturated rings. The monoisotopic (exact) mass is 521 g/mol. The van der Waals surface area contributed by atoms with Gasteiger partial charge >= 0.3 is 6.18 Å². The van der Waals surface area contributed by atoms with E-state index in [4.69, 9.17) is 0 Å². The Kier molecular flexibility index (Phi) is 9.67. The first-order valence-corrected chi connectivity index (χ1v) is 12.7. The van der Waals surface area contributed by atoms with Gasteiger partial charge in [0.15, 0.2) is 9.84 Å². The van der Waals surface area contributed by atoms with Gasteiger partial charge in [0.05, 0.1) is 28.2 Å². The molecule has 1 unspecified atom stereocenters. The minimum atomic E-state index is -4.61. The molecule has 0 saturated carbocycles. The van der Waals surface area contributed by atoms with Crippen LogP contribution in [0.4, 0.5) is 13.2 Å². The van der Waals surface area contributed by atoms with E-state index in [1.54, 1.807) is 0 Å². The lowest BCUT2D eigenvalue weighted by Crippen LogP contribution is -2.50. The van der Waals surface area contributed by atoms with E-state index in [9.17, 15) is 41.2 Å². The van der Waals surface area contributed by atoms with E-state index in [1.165, 1.54) is 11.9 Å². The Morgan fingerprint density at radius 3 is 2.49 bits per heavy atom. The average molecular weight is 522 g/mol. The van der Waals surface area contributed by atoms with Gasteiger partial charge in [-0.2, -0.15) is 13.2 Å². The SMILES string of the molecule is CCCC[C@H](CN(O)C=O)C(=O)N[C@H]1CC(S(=O)(=O)c2ccc(C(F)(F)F)cc2)CCN(C)C1=O. The van der Waals surface area contributed by atoms with Gasteiger partial charge in [0, 0.05) is 13.6 Å². The van der Waals surface area contributed by atoms with E-state index < -0.39 is 50.6 Å². The zero-order chi connectivity index (χ0) is 26.4. The number of amides is 3. The number of carbonyl (C=O) groups is 3. The Morgan fingerprint density at radius 2 is 1.94 bits per heavy atom. The van der Waals surface area contributed by atoms with Crippen LogP contribution in [0.3, 0.4) is 0 Å². The maximum atomic E-state index is 13.2. The second-order valence-corrected chi connectivity index (χ2v) is 10.8. The van der Waals surface area contributed by atoms with Crippen LogP contribution < -0.4 is 5.32 Å². The van der Waals surface area contributed by atoms with Crippen LogP contribution in [0, 0.1) is 5.92 Å². The fourth-order valence-corrected chi connectivity index (χ4v) is 5.70. The number of nitrogens with one attached hydrogen (secondary N) is 1. The lowest BCUT2D eigenvalue weighted by Gasteiger charge is -2.25. The molecule has 0 aromatic heterocycles. The zero-order valence-electron chi connectivity index (χ0n) is 19.5. The van der Waals surface area contributed by atoms with Crippen molar-refractivity contribution in [2.45, 2.75) is 61.4 Å². The van der Waals surface area contributed by atoms with Crippen LogP contribution in [-0.4, -0.2) is 73.2 Å². The van der Waals surface area contributed by atoms with Crippen LogP contribution in [0.25, 0.3) is 0 Å². The van der Waals surface area contributed by atoms with Crippen LogP contribution in [-0.2, 0) is 30.4 Å². The highest BCUT2D eigenvalue weighted by molar-refractivity contribution is 7.92. The summed E-state index contributed by atoms with van der Waals surface area (Å²) in [6.45, 7) is 1.68. The van der Waals surface area contributed by atoms with Crippen LogP contribution >= 0.6 is 0 Å². The smallest absolute Gasteiger partial charge is 0.344 e. The standard InChI is InChI=1S/C22H30F3N3O6S/c1-3-4-5-15(13-28(32)14-29)20(30)26-19-12-18(10-11-27(2)21(19)31)35(33,34)17-8-6-16(7-9-17)22(23,24)25/h6-9,14-15,18-19,32H,3-5,10-13H2,1-2H3,(H,26,30)/t15-,18?,19+/m1/s1. The van der Waals surface area contributed by atoms with E-state index in [0.717, 1.165) is 18.6 Å². The molecule has 3 atom stereocenters. The van der Waals surface area contributed by atoms with Crippen LogP contribution in [0.2, 0.25) is 0 Å². The van der Waals surface area contributed by atoms with Gasteiger partial charge in [-0.25, -0.2) is 13.5 Å². The van der Waals surface area contributed by atoms with Crippen molar-refractivity contribution in [3.05, 3.63) is 29.8 Å². The summed E-state index contributed by atoms with van der Waals surface area (Å²) >= 11 is 0. The molecular formula is C22H30F3N3O6S. The maximum Gasteiger partial charge on any atom is 0.416 e. The Hall–Kier alpha value is -2.67. The van der Waals surface area contributed by atoms with Crippen molar-refractivity contribution < 1.29 is 41.2 Å². The van der Waals surface area contributed by atoms with E-state index >= 15 is 0 Å². The molecule has 1 heterocycles. The number of halogens is 3. The first-order chi connectivity index (χ1) is 16.3. The normalized spacial score (nSPS) is 20.2. The summed E-state index contributed by atoms with van der Waals surface area (Å²) in [6, 6.07) is 1.95. The van der Waals surface area contributed by atoms with Crippen molar-refractivity contribution >= 4 is 28.1 Å².